The second kappa shape index (κ2) is 7.91. The number of piperidine rings is 1. The van der Waals surface area contributed by atoms with E-state index in [1.54, 1.807) is 0 Å². The second-order valence-corrected chi connectivity index (χ2v) is 8.29. The molecule has 1 aromatic heterocycles. The Bertz CT molecular complexity index is 545. The lowest BCUT2D eigenvalue weighted by Crippen LogP contribution is -2.58. The van der Waals surface area contributed by atoms with Gasteiger partial charge in [-0.05, 0) is 62.6 Å². The Labute approximate surface area is 149 Å². The average molecular weight is 351 g/mol. The quantitative estimate of drug-likeness (QED) is 0.885. The summed E-state index contributed by atoms with van der Waals surface area (Å²) in [5.74, 6) is 0.851. The van der Waals surface area contributed by atoms with E-state index in [-0.39, 0.29) is 11.4 Å². The van der Waals surface area contributed by atoms with Crippen molar-refractivity contribution in [2.24, 2.45) is 5.92 Å². The molecule has 1 N–H and O–H groups in total. The highest BCUT2D eigenvalue weighted by atomic mass is 32.1. The van der Waals surface area contributed by atoms with E-state index in [0.29, 0.717) is 4.88 Å². The predicted octanol–water partition coefficient (Wildman–Crippen LogP) is 3.27. The molecule has 2 aliphatic rings. The predicted molar refractivity (Wildman–Crippen MR) is 97.4 cm³/mol. The first kappa shape index (κ1) is 17.8. The van der Waals surface area contributed by atoms with E-state index < -0.39 is 0 Å². The van der Waals surface area contributed by atoms with Crippen LogP contribution in [0.4, 0.5) is 0 Å². The van der Waals surface area contributed by atoms with Gasteiger partial charge in [-0.3, -0.25) is 9.69 Å². The van der Waals surface area contributed by atoms with Crippen LogP contribution in [-0.4, -0.2) is 45.6 Å². The van der Waals surface area contributed by atoms with Gasteiger partial charge in [0.05, 0.1) is 5.69 Å². The lowest BCUT2D eigenvalue weighted by molar-refractivity contribution is 0.0225. The first-order chi connectivity index (χ1) is 11.6. The number of aryl methyl sites for hydroxylation is 1. The van der Waals surface area contributed by atoms with Crippen LogP contribution in [0.25, 0.3) is 0 Å². The molecular weight excluding hydrogens is 320 g/mol. The van der Waals surface area contributed by atoms with E-state index in [9.17, 15) is 4.79 Å². The van der Waals surface area contributed by atoms with Gasteiger partial charge in [-0.25, -0.2) is 0 Å². The monoisotopic (exact) mass is 350 g/mol. The van der Waals surface area contributed by atoms with E-state index in [1.165, 1.54) is 69.6 Å². The number of hydrogen-bond acceptors (Lipinski definition) is 5. The number of nitrogens with one attached hydrogen (secondary N) is 1. The third kappa shape index (κ3) is 3.80. The van der Waals surface area contributed by atoms with Crippen molar-refractivity contribution < 1.29 is 4.79 Å². The van der Waals surface area contributed by atoms with Crippen molar-refractivity contribution in [3.05, 3.63) is 10.6 Å². The Morgan fingerprint density at radius 3 is 2.67 bits per heavy atom. The van der Waals surface area contributed by atoms with Gasteiger partial charge in [0.25, 0.3) is 5.91 Å². The van der Waals surface area contributed by atoms with E-state index in [4.69, 9.17) is 0 Å². The summed E-state index contributed by atoms with van der Waals surface area (Å²) in [6, 6.07) is 0. The number of carbonyl (C=O) groups excluding carboxylic acids is 1. The minimum Gasteiger partial charge on any atom is -0.349 e. The van der Waals surface area contributed by atoms with Crippen LogP contribution in [0.15, 0.2) is 0 Å². The first-order valence-corrected chi connectivity index (χ1v) is 10.3. The SMILES string of the molecule is CCc1nnsc1C(=O)NCC1(N2CCC(C)CC2)CCCCC1. The summed E-state index contributed by atoms with van der Waals surface area (Å²) < 4.78 is 3.94. The molecule has 1 aliphatic carbocycles. The zero-order chi connectivity index (χ0) is 17.0. The topological polar surface area (TPSA) is 58.1 Å². The van der Waals surface area contributed by atoms with Crippen LogP contribution in [0.3, 0.4) is 0 Å². The van der Waals surface area contributed by atoms with Crippen LogP contribution < -0.4 is 5.32 Å². The molecule has 0 aromatic carbocycles. The summed E-state index contributed by atoms with van der Waals surface area (Å²) in [7, 11) is 0. The third-order valence-electron chi connectivity index (χ3n) is 5.91. The van der Waals surface area contributed by atoms with Gasteiger partial charge in [0.1, 0.15) is 4.88 Å². The summed E-state index contributed by atoms with van der Waals surface area (Å²) in [4.78, 5) is 16.0. The maximum absolute atomic E-state index is 12.6. The molecule has 1 amide bonds. The molecule has 6 heteroatoms. The normalized spacial score (nSPS) is 22.4. The number of aromatic nitrogens is 2. The maximum Gasteiger partial charge on any atom is 0.265 e. The number of amides is 1. The van der Waals surface area contributed by atoms with Gasteiger partial charge in [0, 0.05) is 12.1 Å². The Hall–Kier alpha value is -1.01. The molecule has 134 valence electrons. The zero-order valence-electron chi connectivity index (χ0n) is 15.0. The van der Waals surface area contributed by atoms with Gasteiger partial charge in [0.15, 0.2) is 0 Å². The summed E-state index contributed by atoms with van der Waals surface area (Å²) in [5, 5.41) is 7.29. The van der Waals surface area contributed by atoms with Crippen LogP contribution in [0.1, 0.15) is 74.2 Å². The molecule has 1 saturated carbocycles. The fourth-order valence-corrected chi connectivity index (χ4v) is 4.90. The van der Waals surface area contributed by atoms with Gasteiger partial charge < -0.3 is 5.32 Å². The molecule has 0 spiro atoms. The number of likely N-dealkylation sites (tertiary alicyclic amines) is 1. The van der Waals surface area contributed by atoms with Crippen molar-refractivity contribution in [2.75, 3.05) is 19.6 Å². The number of nitrogens with zero attached hydrogens (tertiary/aromatic N) is 3. The fourth-order valence-electron chi connectivity index (χ4n) is 4.24. The van der Waals surface area contributed by atoms with Gasteiger partial charge in [-0.15, -0.1) is 5.10 Å². The minimum atomic E-state index is 0.0113. The van der Waals surface area contributed by atoms with Crippen molar-refractivity contribution in [1.82, 2.24) is 19.8 Å². The Morgan fingerprint density at radius 1 is 1.29 bits per heavy atom. The van der Waals surface area contributed by atoms with Gasteiger partial charge in [-0.2, -0.15) is 0 Å². The fraction of sp³-hybridized carbons (Fsp3) is 0.833. The molecule has 1 aliphatic heterocycles. The molecule has 1 saturated heterocycles. The third-order valence-corrected chi connectivity index (χ3v) is 6.68. The lowest BCUT2D eigenvalue weighted by Gasteiger charge is -2.49. The van der Waals surface area contributed by atoms with Gasteiger partial charge >= 0.3 is 0 Å². The number of hydrogen-bond donors (Lipinski definition) is 1. The molecule has 2 fully saturated rings. The molecule has 24 heavy (non-hydrogen) atoms. The highest BCUT2D eigenvalue weighted by Gasteiger charge is 2.39. The van der Waals surface area contributed by atoms with Crippen LogP contribution in [0.5, 0.6) is 0 Å². The minimum absolute atomic E-state index is 0.0113. The van der Waals surface area contributed by atoms with Crippen LogP contribution >= 0.6 is 11.5 Å². The highest BCUT2D eigenvalue weighted by molar-refractivity contribution is 7.08. The highest BCUT2D eigenvalue weighted by Crippen LogP contribution is 2.36. The summed E-state index contributed by atoms with van der Waals surface area (Å²) >= 11 is 1.22. The molecule has 2 heterocycles. The molecule has 0 atom stereocenters. The molecule has 0 radical (unpaired) electrons. The largest absolute Gasteiger partial charge is 0.349 e. The smallest absolute Gasteiger partial charge is 0.265 e. The van der Waals surface area contributed by atoms with Crippen molar-refractivity contribution in [2.45, 2.75) is 70.8 Å². The zero-order valence-corrected chi connectivity index (χ0v) is 15.8. The number of rotatable bonds is 5. The van der Waals surface area contributed by atoms with Crippen molar-refractivity contribution in [3.8, 4) is 0 Å². The Kier molecular flexibility index (Phi) is 5.87. The lowest BCUT2D eigenvalue weighted by atomic mass is 9.78. The van der Waals surface area contributed by atoms with Gasteiger partial charge in [-0.1, -0.05) is 37.6 Å². The molecule has 0 unspecified atom stereocenters. The summed E-state index contributed by atoms with van der Waals surface area (Å²) in [6.07, 6.45) is 9.65. The van der Waals surface area contributed by atoms with Crippen molar-refractivity contribution in [1.29, 1.82) is 0 Å². The maximum atomic E-state index is 12.6. The Morgan fingerprint density at radius 2 is 2.00 bits per heavy atom. The van der Waals surface area contributed by atoms with E-state index in [0.717, 1.165) is 24.6 Å². The molecule has 0 bridgehead atoms. The van der Waals surface area contributed by atoms with E-state index in [2.05, 4.69) is 26.7 Å². The molecule has 5 nitrogen and oxygen atoms in total. The Balaban J connectivity index is 1.67. The van der Waals surface area contributed by atoms with Crippen LogP contribution in [0, 0.1) is 5.92 Å². The van der Waals surface area contributed by atoms with Crippen LogP contribution in [0.2, 0.25) is 0 Å². The second-order valence-electron chi connectivity index (χ2n) is 7.54. The molecule has 1 aromatic rings. The molecule has 3 rings (SSSR count). The van der Waals surface area contributed by atoms with E-state index >= 15 is 0 Å². The standard InChI is InChI=1S/C18H30N4OS/c1-3-15-16(24-21-20-15)17(23)19-13-18(9-5-4-6-10-18)22-11-7-14(2)8-12-22/h14H,3-13H2,1-2H3,(H,19,23). The van der Waals surface area contributed by atoms with Crippen molar-refractivity contribution in [3.63, 3.8) is 0 Å². The van der Waals surface area contributed by atoms with Crippen LogP contribution in [-0.2, 0) is 6.42 Å². The first-order valence-electron chi connectivity index (χ1n) is 9.49. The summed E-state index contributed by atoms with van der Waals surface area (Å²) in [5.41, 5.74) is 0.987. The molecular formula is C18H30N4OS. The average Bonchev–Trinajstić information content (AvgIpc) is 3.10. The van der Waals surface area contributed by atoms with Gasteiger partial charge in [0.2, 0.25) is 0 Å². The number of carbonyl (C=O) groups is 1. The van der Waals surface area contributed by atoms with E-state index in [1.807, 2.05) is 6.92 Å². The summed E-state index contributed by atoms with van der Waals surface area (Å²) in [6.45, 7) is 7.50. The van der Waals surface area contributed by atoms with Crippen molar-refractivity contribution >= 4 is 17.4 Å².